The van der Waals surface area contributed by atoms with Crippen LogP contribution in [-0.4, -0.2) is 11.2 Å². The molecule has 1 N–H and O–H groups in total. The lowest BCUT2D eigenvalue weighted by Crippen LogP contribution is -2.15. The molecule has 22 heavy (non-hydrogen) atoms. The second-order valence-corrected chi connectivity index (χ2v) is 7.60. The number of fused-ring (bicyclic) bond motifs is 1. The molecule has 2 aliphatic carbocycles. The molecule has 0 spiro atoms. The molecule has 2 aliphatic rings. The minimum absolute atomic E-state index is 0.0874. The fourth-order valence-electron chi connectivity index (χ4n) is 3.99. The van der Waals surface area contributed by atoms with Crippen LogP contribution in [0.5, 0.6) is 0 Å². The van der Waals surface area contributed by atoms with Crippen LogP contribution in [0.25, 0.3) is 4.48 Å². The van der Waals surface area contributed by atoms with Crippen molar-refractivity contribution in [1.82, 2.24) is 0 Å². The SMILES string of the molecule is Cc1cc2c(cc1C#N)/C(Br)=C\CC([C@@H]1CC[C@@H](O)C1)CC2. The Kier molecular flexibility index (Phi) is 4.70. The number of hydrogen-bond acceptors (Lipinski definition) is 2. The molecular weight excluding hydrogens is 338 g/mol. The van der Waals surface area contributed by atoms with Gasteiger partial charge in [-0.15, -0.1) is 0 Å². The molecule has 1 fully saturated rings. The highest BCUT2D eigenvalue weighted by Crippen LogP contribution is 2.40. The molecule has 0 radical (unpaired) electrons. The highest BCUT2D eigenvalue weighted by molar-refractivity contribution is 9.15. The van der Waals surface area contributed by atoms with Gasteiger partial charge in [-0.2, -0.15) is 5.26 Å². The lowest BCUT2D eigenvalue weighted by atomic mass is 9.81. The van der Waals surface area contributed by atoms with Crippen LogP contribution < -0.4 is 0 Å². The Morgan fingerprint density at radius 1 is 1.23 bits per heavy atom. The first-order valence-corrected chi connectivity index (χ1v) is 8.95. The summed E-state index contributed by atoms with van der Waals surface area (Å²) in [5.41, 5.74) is 4.34. The molecule has 0 heterocycles. The van der Waals surface area contributed by atoms with Crippen LogP contribution in [0.3, 0.4) is 0 Å². The number of nitriles is 1. The number of aliphatic hydroxyl groups is 1. The monoisotopic (exact) mass is 359 g/mol. The Balaban J connectivity index is 1.87. The summed E-state index contributed by atoms with van der Waals surface area (Å²) < 4.78 is 1.11. The summed E-state index contributed by atoms with van der Waals surface area (Å²) in [6.07, 6.45) is 8.57. The standard InChI is InChI=1S/C19H22BrNO/c1-12-8-15-3-2-13(14-4-6-17(22)9-14)5-7-19(20)18(15)10-16(12)11-21/h7-8,10,13-14,17,22H,2-6,9H2,1H3/b19-7+/t13?,14-,17-/m1/s1. The normalized spacial score (nSPS) is 30.6. The van der Waals surface area contributed by atoms with Crippen molar-refractivity contribution in [2.45, 2.75) is 51.6 Å². The van der Waals surface area contributed by atoms with Crippen molar-refractivity contribution >= 4 is 20.4 Å². The molecule has 116 valence electrons. The van der Waals surface area contributed by atoms with Gasteiger partial charge in [0.25, 0.3) is 0 Å². The van der Waals surface area contributed by atoms with E-state index < -0.39 is 0 Å². The molecule has 2 nitrogen and oxygen atoms in total. The van der Waals surface area contributed by atoms with E-state index in [0.29, 0.717) is 11.8 Å². The second kappa shape index (κ2) is 6.56. The maximum atomic E-state index is 9.80. The molecule has 0 amide bonds. The van der Waals surface area contributed by atoms with Gasteiger partial charge in [-0.25, -0.2) is 0 Å². The summed E-state index contributed by atoms with van der Waals surface area (Å²) >= 11 is 3.71. The Labute approximate surface area is 141 Å². The lowest BCUT2D eigenvalue weighted by Gasteiger charge is -2.25. The number of rotatable bonds is 1. The number of benzene rings is 1. The van der Waals surface area contributed by atoms with Gasteiger partial charge < -0.3 is 5.11 Å². The first-order chi connectivity index (χ1) is 10.6. The zero-order valence-corrected chi connectivity index (χ0v) is 14.6. The van der Waals surface area contributed by atoms with Crippen LogP contribution in [0.4, 0.5) is 0 Å². The maximum Gasteiger partial charge on any atom is 0.0994 e. The average Bonchev–Trinajstić information content (AvgIpc) is 2.91. The Morgan fingerprint density at radius 2 is 2.05 bits per heavy atom. The van der Waals surface area contributed by atoms with E-state index in [1.54, 1.807) is 0 Å². The van der Waals surface area contributed by atoms with Crippen molar-refractivity contribution in [3.63, 3.8) is 0 Å². The predicted molar refractivity (Wildman–Crippen MR) is 92.6 cm³/mol. The van der Waals surface area contributed by atoms with Crippen LogP contribution >= 0.6 is 15.9 Å². The van der Waals surface area contributed by atoms with E-state index in [1.165, 1.54) is 17.5 Å². The third-order valence-corrected chi connectivity index (χ3v) is 6.08. The summed E-state index contributed by atoms with van der Waals surface area (Å²) in [6.45, 7) is 2.01. The first kappa shape index (κ1) is 15.8. The Bertz CT molecular complexity index is 644. The molecule has 1 aromatic rings. The molecule has 3 atom stereocenters. The van der Waals surface area contributed by atoms with Crippen LogP contribution in [-0.2, 0) is 6.42 Å². The van der Waals surface area contributed by atoms with Gasteiger partial charge in [0, 0.05) is 4.48 Å². The molecule has 3 heteroatoms. The molecular formula is C19H22BrNO. The van der Waals surface area contributed by atoms with Gasteiger partial charge in [-0.3, -0.25) is 0 Å². The summed E-state index contributed by atoms with van der Waals surface area (Å²) in [4.78, 5) is 0. The van der Waals surface area contributed by atoms with E-state index >= 15 is 0 Å². The van der Waals surface area contributed by atoms with Crippen LogP contribution in [0.1, 0.15) is 54.4 Å². The highest BCUT2D eigenvalue weighted by Gasteiger charge is 2.30. The topological polar surface area (TPSA) is 44.0 Å². The molecule has 0 bridgehead atoms. The van der Waals surface area contributed by atoms with Crippen molar-refractivity contribution in [1.29, 1.82) is 5.26 Å². The molecule has 0 aromatic heterocycles. The van der Waals surface area contributed by atoms with Crippen molar-refractivity contribution in [2.75, 3.05) is 0 Å². The van der Waals surface area contributed by atoms with E-state index in [9.17, 15) is 10.4 Å². The quantitative estimate of drug-likeness (QED) is 0.788. The number of nitrogens with zero attached hydrogens (tertiary/aromatic N) is 1. The highest BCUT2D eigenvalue weighted by atomic mass is 79.9. The van der Waals surface area contributed by atoms with Crippen LogP contribution in [0.2, 0.25) is 0 Å². The number of hydrogen-bond donors (Lipinski definition) is 1. The van der Waals surface area contributed by atoms with E-state index in [0.717, 1.165) is 47.7 Å². The average molecular weight is 360 g/mol. The predicted octanol–water partition coefficient (Wildman–Crippen LogP) is 4.72. The number of aliphatic hydroxyl groups excluding tert-OH is 1. The van der Waals surface area contributed by atoms with E-state index in [4.69, 9.17) is 0 Å². The number of halogens is 1. The molecule has 0 aliphatic heterocycles. The zero-order chi connectivity index (χ0) is 15.7. The van der Waals surface area contributed by atoms with E-state index in [-0.39, 0.29) is 6.10 Å². The van der Waals surface area contributed by atoms with Gasteiger partial charge in [-0.1, -0.05) is 28.1 Å². The molecule has 0 saturated heterocycles. The van der Waals surface area contributed by atoms with Crippen molar-refractivity contribution < 1.29 is 5.11 Å². The summed E-state index contributed by atoms with van der Waals surface area (Å²) in [7, 11) is 0. The Morgan fingerprint density at radius 3 is 2.73 bits per heavy atom. The third kappa shape index (κ3) is 3.14. The summed E-state index contributed by atoms with van der Waals surface area (Å²) in [5.74, 6) is 1.32. The van der Waals surface area contributed by atoms with Gasteiger partial charge >= 0.3 is 0 Å². The largest absolute Gasteiger partial charge is 0.393 e. The van der Waals surface area contributed by atoms with Crippen molar-refractivity contribution in [2.24, 2.45) is 11.8 Å². The van der Waals surface area contributed by atoms with Crippen LogP contribution in [0, 0.1) is 30.1 Å². The molecule has 1 saturated carbocycles. The molecule has 3 rings (SSSR count). The fraction of sp³-hybridized carbons (Fsp3) is 0.526. The number of aryl methyl sites for hydroxylation is 2. The second-order valence-electron chi connectivity index (χ2n) is 6.75. The fourth-order valence-corrected chi connectivity index (χ4v) is 4.54. The van der Waals surface area contributed by atoms with Gasteiger partial charge in [0.05, 0.1) is 17.7 Å². The van der Waals surface area contributed by atoms with Crippen molar-refractivity contribution in [3.8, 4) is 6.07 Å². The minimum Gasteiger partial charge on any atom is -0.393 e. The summed E-state index contributed by atoms with van der Waals surface area (Å²) in [5, 5.41) is 19.0. The van der Waals surface area contributed by atoms with Crippen molar-refractivity contribution in [3.05, 3.63) is 40.5 Å². The van der Waals surface area contributed by atoms with Gasteiger partial charge in [0.2, 0.25) is 0 Å². The van der Waals surface area contributed by atoms with E-state index in [1.807, 2.05) is 13.0 Å². The van der Waals surface area contributed by atoms with E-state index in [2.05, 4.69) is 34.1 Å². The summed E-state index contributed by atoms with van der Waals surface area (Å²) in [6, 6.07) is 6.48. The lowest BCUT2D eigenvalue weighted by molar-refractivity contribution is 0.169. The van der Waals surface area contributed by atoms with Gasteiger partial charge in [0.1, 0.15) is 0 Å². The first-order valence-electron chi connectivity index (χ1n) is 8.16. The third-order valence-electron chi connectivity index (χ3n) is 5.32. The van der Waals surface area contributed by atoms with Gasteiger partial charge in [-0.05, 0) is 80.0 Å². The smallest absolute Gasteiger partial charge is 0.0994 e. The molecule has 1 aromatic carbocycles. The number of allylic oxidation sites excluding steroid dienone is 1. The minimum atomic E-state index is -0.0874. The Hall–Kier alpha value is -1.11. The maximum absolute atomic E-state index is 9.80. The van der Waals surface area contributed by atoms with Gasteiger partial charge in [0.15, 0.2) is 0 Å². The zero-order valence-electron chi connectivity index (χ0n) is 13.0. The molecule has 1 unspecified atom stereocenters. The van der Waals surface area contributed by atoms with Crippen LogP contribution in [0.15, 0.2) is 18.2 Å².